The molecular weight excluding hydrogens is 483 g/mol. The number of halogens is 1. The van der Waals surface area contributed by atoms with Crippen LogP contribution in [-0.4, -0.2) is 39.9 Å². The fraction of sp³-hybridized carbons (Fsp3) is 0.423. The summed E-state index contributed by atoms with van der Waals surface area (Å²) < 4.78 is 15.5. The van der Waals surface area contributed by atoms with Crippen molar-refractivity contribution in [3.63, 3.8) is 0 Å². The standard InChI is InChI=1S/C26H31FN4O2S2/c1-6-16(2)28-20(32)14-30-21(33)15-35-23(19-8-7-13-34-19)22-24(26(3,4)5)29-31(25(22)30)18-11-9-17(27)10-12-18/h7-13,16,23H,6,14-15H2,1-5H3,(H,28,32). The van der Waals surface area contributed by atoms with E-state index >= 15 is 0 Å². The molecule has 6 nitrogen and oxygen atoms in total. The van der Waals surface area contributed by atoms with E-state index in [2.05, 4.69) is 32.2 Å². The van der Waals surface area contributed by atoms with E-state index in [1.54, 1.807) is 44.8 Å². The molecule has 1 aromatic carbocycles. The number of hydrogen-bond donors (Lipinski definition) is 1. The van der Waals surface area contributed by atoms with E-state index in [1.807, 2.05) is 25.3 Å². The van der Waals surface area contributed by atoms with Gasteiger partial charge in [0.15, 0.2) is 0 Å². The number of rotatable bonds is 6. The predicted molar refractivity (Wildman–Crippen MR) is 141 cm³/mol. The summed E-state index contributed by atoms with van der Waals surface area (Å²) in [4.78, 5) is 29.2. The predicted octanol–water partition coefficient (Wildman–Crippen LogP) is 5.45. The maximum atomic E-state index is 13.8. The third-order valence-electron chi connectivity index (χ3n) is 5.99. The van der Waals surface area contributed by atoms with Crippen LogP contribution in [0.15, 0.2) is 41.8 Å². The lowest BCUT2D eigenvalue weighted by molar-refractivity contribution is -0.123. The van der Waals surface area contributed by atoms with Crippen molar-refractivity contribution in [3.8, 4) is 5.69 Å². The zero-order chi connectivity index (χ0) is 25.3. The highest BCUT2D eigenvalue weighted by Crippen LogP contribution is 2.49. The molecule has 1 aliphatic rings. The summed E-state index contributed by atoms with van der Waals surface area (Å²) in [5.41, 5.74) is 2.08. The van der Waals surface area contributed by atoms with E-state index in [9.17, 15) is 14.0 Å². The molecule has 4 rings (SSSR count). The maximum absolute atomic E-state index is 13.8. The summed E-state index contributed by atoms with van der Waals surface area (Å²) in [6.45, 7) is 10.1. The molecule has 2 amide bonds. The first-order valence-electron chi connectivity index (χ1n) is 11.7. The summed E-state index contributed by atoms with van der Waals surface area (Å²) in [6, 6.07) is 10.1. The highest BCUT2D eigenvalue weighted by Gasteiger charge is 2.40. The first-order chi connectivity index (χ1) is 16.6. The average molecular weight is 515 g/mol. The van der Waals surface area contributed by atoms with Gasteiger partial charge < -0.3 is 5.32 Å². The minimum Gasteiger partial charge on any atom is -0.352 e. The minimum absolute atomic E-state index is 0.00411. The number of benzene rings is 1. The van der Waals surface area contributed by atoms with Crippen molar-refractivity contribution >= 4 is 40.7 Å². The molecule has 0 bridgehead atoms. The number of fused-ring (bicyclic) bond motifs is 1. The van der Waals surface area contributed by atoms with E-state index < -0.39 is 0 Å². The normalized spacial score (nSPS) is 17.1. The molecule has 186 valence electrons. The fourth-order valence-corrected chi connectivity index (χ4v) is 6.24. The van der Waals surface area contributed by atoms with Crippen molar-refractivity contribution < 1.29 is 14.0 Å². The van der Waals surface area contributed by atoms with Gasteiger partial charge in [-0.15, -0.1) is 23.1 Å². The third kappa shape index (κ3) is 5.30. The first kappa shape index (κ1) is 25.4. The van der Waals surface area contributed by atoms with E-state index in [0.717, 1.165) is 22.6 Å². The molecule has 9 heteroatoms. The van der Waals surface area contributed by atoms with Gasteiger partial charge in [0, 0.05) is 21.9 Å². The second kappa shape index (κ2) is 10.1. The van der Waals surface area contributed by atoms with Crippen LogP contribution in [0.25, 0.3) is 5.69 Å². The summed E-state index contributed by atoms with van der Waals surface area (Å²) in [6.07, 6.45) is 0.795. The summed E-state index contributed by atoms with van der Waals surface area (Å²) >= 11 is 3.20. The molecule has 0 saturated heterocycles. The number of carbonyl (C=O) groups excluding carboxylic acids is 2. The molecule has 3 heterocycles. The topological polar surface area (TPSA) is 67.2 Å². The molecule has 0 radical (unpaired) electrons. The van der Waals surface area contributed by atoms with E-state index in [-0.39, 0.29) is 46.6 Å². The Bertz CT molecular complexity index is 1200. The Hall–Kier alpha value is -2.65. The number of thiophene rings is 1. The van der Waals surface area contributed by atoms with Gasteiger partial charge in [0.1, 0.15) is 18.2 Å². The Balaban J connectivity index is 1.95. The van der Waals surface area contributed by atoms with Gasteiger partial charge in [-0.05, 0) is 49.1 Å². The van der Waals surface area contributed by atoms with Gasteiger partial charge in [-0.25, -0.2) is 9.07 Å². The van der Waals surface area contributed by atoms with Gasteiger partial charge in [-0.1, -0.05) is 33.8 Å². The number of anilines is 1. The average Bonchev–Trinajstić information content (AvgIpc) is 3.44. The fourth-order valence-electron chi connectivity index (χ4n) is 4.07. The van der Waals surface area contributed by atoms with Crippen LogP contribution in [0.2, 0.25) is 0 Å². The van der Waals surface area contributed by atoms with Crippen LogP contribution in [0, 0.1) is 5.82 Å². The molecule has 0 saturated carbocycles. The number of thioether (sulfide) groups is 1. The SMILES string of the molecule is CCC(C)NC(=O)CN1C(=O)CSC(c2cccs2)c2c(C(C)(C)C)nn(-c3ccc(F)cc3)c21. The van der Waals surface area contributed by atoms with E-state index in [0.29, 0.717) is 11.5 Å². The number of hydrogen-bond acceptors (Lipinski definition) is 5. The molecule has 0 aliphatic carbocycles. The Morgan fingerprint density at radius 1 is 1.26 bits per heavy atom. The molecule has 1 aliphatic heterocycles. The number of nitrogens with zero attached hydrogens (tertiary/aromatic N) is 3. The summed E-state index contributed by atoms with van der Waals surface area (Å²) in [5, 5.41) is 9.89. The van der Waals surface area contributed by atoms with Gasteiger partial charge in [-0.2, -0.15) is 5.10 Å². The lowest BCUT2D eigenvalue weighted by atomic mass is 9.88. The van der Waals surface area contributed by atoms with Gasteiger partial charge in [0.2, 0.25) is 11.8 Å². The molecule has 3 aromatic rings. The lowest BCUT2D eigenvalue weighted by Crippen LogP contribution is -2.44. The lowest BCUT2D eigenvalue weighted by Gasteiger charge is -2.24. The van der Waals surface area contributed by atoms with E-state index in [4.69, 9.17) is 5.10 Å². The minimum atomic E-state index is -0.351. The maximum Gasteiger partial charge on any atom is 0.240 e. The molecule has 0 fully saturated rings. The van der Waals surface area contributed by atoms with Crippen molar-refractivity contribution in [2.24, 2.45) is 0 Å². The van der Waals surface area contributed by atoms with Crippen LogP contribution >= 0.6 is 23.1 Å². The second-order valence-corrected chi connectivity index (χ2v) is 11.9. The zero-order valence-corrected chi connectivity index (χ0v) is 22.3. The van der Waals surface area contributed by atoms with E-state index in [1.165, 1.54) is 12.1 Å². The van der Waals surface area contributed by atoms with Crippen molar-refractivity contribution in [1.82, 2.24) is 15.1 Å². The van der Waals surface area contributed by atoms with Crippen molar-refractivity contribution in [2.45, 2.75) is 57.7 Å². The molecule has 0 spiro atoms. The molecule has 2 unspecified atom stereocenters. The summed E-state index contributed by atoms with van der Waals surface area (Å²) in [7, 11) is 0. The largest absolute Gasteiger partial charge is 0.352 e. The molecule has 35 heavy (non-hydrogen) atoms. The van der Waals surface area contributed by atoms with Gasteiger partial charge >= 0.3 is 0 Å². The van der Waals surface area contributed by atoms with Crippen LogP contribution in [0.3, 0.4) is 0 Å². The quantitative estimate of drug-likeness (QED) is 0.475. The molecule has 1 N–H and O–H groups in total. The van der Waals surface area contributed by atoms with Gasteiger partial charge in [0.05, 0.1) is 22.4 Å². The molecular formula is C26H31FN4O2S2. The summed E-state index contributed by atoms with van der Waals surface area (Å²) in [5.74, 6) is 0.0896. The first-order valence-corrected chi connectivity index (χ1v) is 13.7. The Labute approximate surface area is 213 Å². The Morgan fingerprint density at radius 3 is 2.57 bits per heavy atom. The zero-order valence-electron chi connectivity index (χ0n) is 20.7. The molecule has 2 atom stereocenters. The molecule has 2 aromatic heterocycles. The van der Waals surface area contributed by atoms with Gasteiger partial charge in [-0.3, -0.25) is 14.5 Å². The van der Waals surface area contributed by atoms with Crippen molar-refractivity contribution in [2.75, 3.05) is 17.2 Å². The Morgan fingerprint density at radius 2 is 1.97 bits per heavy atom. The second-order valence-electron chi connectivity index (χ2n) is 9.79. The third-order valence-corrected chi connectivity index (χ3v) is 8.32. The number of aromatic nitrogens is 2. The van der Waals surface area contributed by atoms with Crippen molar-refractivity contribution in [3.05, 3.63) is 63.7 Å². The number of amides is 2. The monoisotopic (exact) mass is 514 g/mol. The van der Waals surface area contributed by atoms with Gasteiger partial charge in [0.25, 0.3) is 0 Å². The highest BCUT2D eigenvalue weighted by molar-refractivity contribution is 8.00. The van der Waals surface area contributed by atoms with Crippen LogP contribution in [0.1, 0.15) is 62.4 Å². The van der Waals surface area contributed by atoms with Crippen LogP contribution in [-0.2, 0) is 15.0 Å². The smallest absolute Gasteiger partial charge is 0.240 e. The number of carbonyl (C=O) groups is 2. The Kier molecular flexibility index (Phi) is 7.38. The van der Waals surface area contributed by atoms with Crippen LogP contribution < -0.4 is 10.2 Å². The van der Waals surface area contributed by atoms with Crippen molar-refractivity contribution in [1.29, 1.82) is 0 Å². The van der Waals surface area contributed by atoms with Crippen LogP contribution in [0.5, 0.6) is 0 Å². The highest BCUT2D eigenvalue weighted by atomic mass is 32.2. The van der Waals surface area contributed by atoms with Crippen LogP contribution in [0.4, 0.5) is 10.2 Å². The number of nitrogens with one attached hydrogen (secondary N) is 1.